The Hall–Kier alpha value is -2.04. The normalized spacial score (nSPS) is 21.9. The van der Waals surface area contributed by atoms with Gasteiger partial charge in [-0.25, -0.2) is 0 Å². The number of hydrogen-bond donors (Lipinski definition) is 1. The first-order chi connectivity index (χ1) is 10.1. The van der Waals surface area contributed by atoms with Gasteiger partial charge in [0, 0.05) is 12.8 Å². The van der Waals surface area contributed by atoms with Crippen molar-refractivity contribution in [2.75, 3.05) is 0 Å². The van der Waals surface area contributed by atoms with E-state index in [1.165, 1.54) is 6.07 Å². The number of para-hydroxylation sites is 1. The summed E-state index contributed by atoms with van der Waals surface area (Å²) in [7, 11) is 0. The zero-order valence-electron chi connectivity index (χ0n) is 11.7. The quantitative estimate of drug-likeness (QED) is 0.668. The van der Waals surface area contributed by atoms with Crippen LogP contribution in [0.2, 0.25) is 0 Å². The molecule has 2 fully saturated rings. The van der Waals surface area contributed by atoms with Gasteiger partial charge in [0.1, 0.15) is 5.75 Å². The van der Waals surface area contributed by atoms with E-state index in [9.17, 15) is 14.7 Å². The first kappa shape index (κ1) is 13.9. The molecule has 0 atom stereocenters. The van der Waals surface area contributed by atoms with Crippen molar-refractivity contribution in [3.8, 4) is 5.75 Å². The standard InChI is InChI=1S/C16H18O5/c17-13-7-3-2-6-11(13)10-12-14(18)20-16(21-15(12)19)8-4-1-5-9-16/h2-3,6-7,12,17H,1,4-5,8-10H2. The molecule has 1 aliphatic heterocycles. The predicted molar refractivity (Wildman–Crippen MR) is 73.3 cm³/mol. The van der Waals surface area contributed by atoms with Gasteiger partial charge in [-0.15, -0.1) is 0 Å². The van der Waals surface area contributed by atoms with Crippen LogP contribution in [0.4, 0.5) is 0 Å². The molecule has 1 aliphatic carbocycles. The molecule has 1 saturated heterocycles. The topological polar surface area (TPSA) is 72.8 Å². The number of carbonyl (C=O) groups excluding carboxylic acids is 2. The minimum atomic E-state index is -1.04. The number of benzene rings is 1. The third kappa shape index (κ3) is 2.73. The summed E-state index contributed by atoms with van der Waals surface area (Å²) in [4.78, 5) is 24.4. The fourth-order valence-electron chi connectivity index (χ4n) is 2.99. The van der Waals surface area contributed by atoms with Gasteiger partial charge in [0.25, 0.3) is 5.79 Å². The molecule has 5 heteroatoms. The van der Waals surface area contributed by atoms with E-state index in [2.05, 4.69) is 0 Å². The number of phenolic OH excluding ortho intramolecular Hbond substituents is 1. The number of rotatable bonds is 2. The molecule has 21 heavy (non-hydrogen) atoms. The number of ether oxygens (including phenoxy) is 2. The second-order valence-electron chi connectivity index (χ2n) is 5.70. The van der Waals surface area contributed by atoms with Crippen molar-refractivity contribution in [3.63, 3.8) is 0 Å². The Labute approximate surface area is 122 Å². The summed E-state index contributed by atoms with van der Waals surface area (Å²) < 4.78 is 10.9. The van der Waals surface area contributed by atoms with Crippen LogP contribution in [-0.2, 0) is 25.5 Å². The van der Waals surface area contributed by atoms with Gasteiger partial charge >= 0.3 is 11.9 Å². The van der Waals surface area contributed by atoms with E-state index in [4.69, 9.17) is 9.47 Å². The lowest BCUT2D eigenvalue weighted by Crippen LogP contribution is -2.51. The monoisotopic (exact) mass is 290 g/mol. The van der Waals surface area contributed by atoms with E-state index < -0.39 is 23.6 Å². The minimum absolute atomic E-state index is 0.0658. The average molecular weight is 290 g/mol. The molecule has 0 amide bonds. The Bertz CT molecular complexity index is 540. The number of carbonyl (C=O) groups is 2. The number of phenols is 1. The minimum Gasteiger partial charge on any atom is -0.508 e. The van der Waals surface area contributed by atoms with E-state index in [1.54, 1.807) is 18.2 Å². The third-order valence-corrected chi connectivity index (χ3v) is 4.17. The van der Waals surface area contributed by atoms with Crippen LogP contribution < -0.4 is 0 Å². The molecule has 1 aromatic carbocycles. The molecule has 112 valence electrons. The molecule has 1 heterocycles. The summed E-state index contributed by atoms with van der Waals surface area (Å²) in [5, 5.41) is 9.75. The van der Waals surface area contributed by atoms with Crippen molar-refractivity contribution >= 4 is 11.9 Å². The first-order valence-corrected chi connectivity index (χ1v) is 7.32. The summed E-state index contributed by atoms with van der Waals surface area (Å²) in [6.07, 6.45) is 4.11. The lowest BCUT2D eigenvalue weighted by molar-refractivity contribution is -0.260. The average Bonchev–Trinajstić information content (AvgIpc) is 2.45. The molecule has 1 aromatic rings. The number of esters is 2. The Morgan fingerprint density at radius 2 is 1.67 bits per heavy atom. The third-order valence-electron chi connectivity index (χ3n) is 4.17. The summed E-state index contributed by atoms with van der Waals surface area (Å²) in [5.41, 5.74) is 0.538. The van der Waals surface area contributed by atoms with E-state index in [-0.39, 0.29) is 12.2 Å². The van der Waals surface area contributed by atoms with Gasteiger partial charge in [-0.05, 0) is 30.9 Å². The van der Waals surface area contributed by atoms with Crippen LogP contribution in [0.3, 0.4) is 0 Å². The van der Waals surface area contributed by atoms with Crippen molar-refractivity contribution in [1.82, 2.24) is 0 Å². The van der Waals surface area contributed by atoms with Crippen LogP contribution in [0.5, 0.6) is 5.75 Å². The molecule has 5 nitrogen and oxygen atoms in total. The summed E-state index contributed by atoms with van der Waals surface area (Å²) in [5.74, 6) is -3.06. The number of aromatic hydroxyl groups is 1. The van der Waals surface area contributed by atoms with Gasteiger partial charge in [-0.1, -0.05) is 24.6 Å². The van der Waals surface area contributed by atoms with Gasteiger partial charge in [0.15, 0.2) is 5.92 Å². The summed E-state index contributed by atoms with van der Waals surface area (Å²) in [6, 6.07) is 6.64. The van der Waals surface area contributed by atoms with E-state index in [1.807, 2.05) is 0 Å². The Morgan fingerprint density at radius 3 is 2.29 bits per heavy atom. The number of hydrogen-bond acceptors (Lipinski definition) is 5. The predicted octanol–water partition coefficient (Wildman–Crippen LogP) is 2.31. The lowest BCUT2D eigenvalue weighted by Gasteiger charge is -2.40. The second-order valence-corrected chi connectivity index (χ2v) is 5.70. The lowest BCUT2D eigenvalue weighted by atomic mass is 9.91. The van der Waals surface area contributed by atoms with Gasteiger partial charge in [-0.2, -0.15) is 0 Å². The van der Waals surface area contributed by atoms with Gasteiger partial charge < -0.3 is 14.6 Å². The molecule has 0 aromatic heterocycles. The molecule has 1 spiro atoms. The molecule has 1 saturated carbocycles. The molecule has 0 unspecified atom stereocenters. The van der Waals surface area contributed by atoms with Crippen LogP contribution >= 0.6 is 0 Å². The van der Waals surface area contributed by atoms with Crippen molar-refractivity contribution < 1.29 is 24.2 Å². The maximum atomic E-state index is 12.2. The molecule has 0 bridgehead atoms. The van der Waals surface area contributed by atoms with Crippen molar-refractivity contribution in [2.45, 2.75) is 44.3 Å². The molecule has 2 aliphatic rings. The summed E-state index contributed by atoms with van der Waals surface area (Å²) in [6.45, 7) is 0. The van der Waals surface area contributed by atoms with Crippen molar-refractivity contribution in [1.29, 1.82) is 0 Å². The van der Waals surface area contributed by atoms with E-state index >= 15 is 0 Å². The van der Waals surface area contributed by atoms with Gasteiger partial charge in [0.05, 0.1) is 0 Å². The van der Waals surface area contributed by atoms with Crippen LogP contribution in [0, 0.1) is 5.92 Å². The first-order valence-electron chi connectivity index (χ1n) is 7.32. The Balaban J connectivity index is 1.75. The van der Waals surface area contributed by atoms with Gasteiger partial charge in [-0.3, -0.25) is 9.59 Å². The van der Waals surface area contributed by atoms with Crippen LogP contribution in [0.15, 0.2) is 24.3 Å². The SMILES string of the molecule is O=C1OC2(CCCCC2)OC(=O)C1Cc1ccccc1O. The zero-order chi connectivity index (χ0) is 14.9. The maximum Gasteiger partial charge on any atom is 0.323 e. The molecule has 3 rings (SSSR count). The molecular weight excluding hydrogens is 272 g/mol. The van der Waals surface area contributed by atoms with Crippen molar-refractivity contribution in [3.05, 3.63) is 29.8 Å². The van der Waals surface area contributed by atoms with Gasteiger partial charge in [0.2, 0.25) is 0 Å². The fraction of sp³-hybridized carbons (Fsp3) is 0.500. The van der Waals surface area contributed by atoms with E-state index in [0.29, 0.717) is 18.4 Å². The van der Waals surface area contributed by atoms with Crippen LogP contribution in [0.25, 0.3) is 0 Å². The fourth-order valence-corrected chi connectivity index (χ4v) is 2.99. The van der Waals surface area contributed by atoms with Crippen LogP contribution in [-0.4, -0.2) is 22.8 Å². The largest absolute Gasteiger partial charge is 0.508 e. The maximum absolute atomic E-state index is 12.2. The van der Waals surface area contributed by atoms with E-state index in [0.717, 1.165) is 19.3 Å². The summed E-state index contributed by atoms with van der Waals surface area (Å²) >= 11 is 0. The highest BCUT2D eigenvalue weighted by atomic mass is 16.7. The van der Waals surface area contributed by atoms with Crippen molar-refractivity contribution in [2.24, 2.45) is 5.92 Å². The second kappa shape index (κ2) is 5.39. The highest BCUT2D eigenvalue weighted by Gasteiger charge is 2.49. The zero-order valence-corrected chi connectivity index (χ0v) is 11.7. The Kier molecular flexibility index (Phi) is 3.57. The van der Waals surface area contributed by atoms with Crippen LogP contribution in [0.1, 0.15) is 37.7 Å². The highest BCUT2D eigenvalue weighted by Crippen LogP contribution is 2.38. The Morgan fingerprint density at radius 1 is 1.05 bits per heavy atom. The molecular formula is C16H18O5. The smallest absolute Gasteiger partial charge is 0.323 e. The molecule has 1 N–H and O–H groups in total. The highest BCUT2D eigenvalue weighted by molar-refractivity contribution is 5.97. The molecule has 0 radical (unpaired) electrons.